The smallest absolute Gasteiger partial charge is 0.308 e. The van der Waals surface area contributed by atoms with Gasteiger partial charge in [0.05, 0.1) is 13.0 Å². The summed E-state index contributed by atoms with van der Waals surface area (Å²) in [6, 6.07) is 0. The van der Waals surface area contributed by atoms with Crippen LogP contribution < -0.4 is 0 Å². The monoisotopic (exact) mass is 184 g/mol. The molecule has 0 aliphatic heterocycles. The Morgan fingerprint density at radius 3 is 2.23 bits per heavy atom. The van der Waals surface area contributed by atoms with E-state index < -0.39 is 0 Å². The van der Waals surface area contributed by atoms with E-state index >= 15 is 0 Å². The molecule has 0 bridgehead atoms. The van der Waals surface area contributed by atoms with Gasteiger partial charge in [0.1, 0.15) is 5.78 Å². The lowest BCUT2D eigenvalue weighted by molar-refractivity contribution is -0.147. The third-order valence-corrected chi connectivity index (χ3v) is 2.08. The highest BCUT2D eigenvalue weighted by Crippen LogP contribution is 2.22. The van der Waals surface area contributed by atoms with Crippen molar-refractivity contribution in [2.24, 2.45) is 5.92 Å². The maximum absolute atomic E-state index is 10.9. The molecule has 0 N–H and O–H groups in total. The van der Waals surface area contributed by atoms with Crippen LogP contribution in [-0.4, -0.2) is 18.9 Å². The number of rotatable bonds is 1. The molecular formula is C10H16O3. The Kier molecular flexibility index (Phi) is 5.85. The SMILES string of the molecule is C=C.COC(=O)C1CCC(=O)CC1. The molecule has 1 rings (SSSR count). The summed E-state index contributed by atoms with van der Waals surface area (Å²) in [6.45, 7) is 6.00. The minimum atomic E-state index is -0.169. The average Bonchev–Trinajstić information content (AvgIpc) is 2.21. The number of hydrogen-bond acceptors (Lipinski definition) is 3. The van der Waals surface area contributed by atoms with Gasteiger partial charge in [0.15, 0.2) is 0 Å². The molecule has 0 atom stereocenters. The van der Waals surface area contributed by atoms with Gasteiger partial charge in [-0.3, -0.25) is 9.59 Å². The van der Waals surface area contributed by atoms with E-state index in [0.717, 1.165) is 0 Å². The Hall–Kier alpha value is -1.12. The molecule has 1 fully saturated rings. The van der Waals surface area contributed by atoms with E-state index in [9.17, 15) is 9.59 Å². The molecule has 74 valence electrons. The van der Waals surface area contributed by atoms with E-state index in [-0.39, 0.29) is 17.7 Å². The Labute approximate surface area is 78.8 Å². The quantitative estimate of drug-likeness (QED) is 0.460. The second-order valence-electron chi connectivity index (χ2n) is 2.84. The predicted molar refractivity (Wildman–Crippen MR) is 50.2 cm³/mol. The normalized spacial score (nSPS) is 17.2. The zero-order valence-electron chi connectivity index (χ0n) is 8.04. The van der Waals surface area contributed by atoms with Gasteiger partial charge in [0.2, 0.25) is 0 Å². The maximum Gasteiger partial charge on any atom is 0.308 e. The van der Waals surface area contributed by atoms with Crippen molar-refractivity contribution in [2.45, 2.75) is 25.7 Å². The topological polar surface area (TPSA) is 43.4 Å². The highest BCUT2D eigenvalue weighted by molar-refractivity contribution is 5.82. The Balaban J connectivity index is 0.000000671. The minimum Gasteiger partial charge on any atom is -0.469 e. The predicted octanol–water partition coefficient (Wildman–Crippen LogP) is 1.72. The van der Waals surface area contributed by atoms with E-state index in [4.69, 9.17) is 0 Å². The molecule has 0 amide bonds. The van der Waals surface area contributed by atoms with Gasteiger partial charge >= 0.3 is 5.97 Å². The lowest BCUT2D eigenvalue weighted by Gasteiger charge is -2.17. The van der Waals surface area contributed by atoms with Crippen molar-refractivity contribution in [3.63, 3.8) is 0 Å². The van der Waals surface area contributed by atoms with E-state index in [1.54, 1.807) is 0 Å². The first-order chi connectivity index (χ1) is 6.24. The third-order valence-electron chi connectivity index (χ3n) is 2.08. The van der Waals surface area contributed by atoms with Gasteiger partial charge in [0.25, 0.3) is 0 Å². The van der Waals surface area contributed by atoms with E-state index in [2.05, 4.69) is 17.9 Å². The fourth-order valence-corrected chi connectivity index (χ4v) is 1.34. The lowest BCUT2D eigenvalue weighted by Crippen LogP contribution is -2.22. The third kappa shape index (κ3) is 3.87. The largest absolute Gasteiger partial charge is 0.469 e. The number of Topliss-reactive ketones (excluding diaryl/α,β-unsaturated/α-hetero) is 1. The van der Waals surface area contributed by atoms with Crippen LogP contribution in [0.5, 0.6) is 0 Å². The van der Waals surface area contributed by atoms with E-state index in [0.29, 0.717) is 25.7 Å². The summed E-state index contributed by atoms with van der Waals surface area (Å²) < 4.78 is 4.57. The maximum atomic E-state index is 10.9. The summed E-state index contributed by atoms with van der Waals surface area (Å²) in [6.07, 6.45) is 2.43. The molecule has 0 aromatic heterocycles. The van der Waals surface area contributed by atoms with Crippen molar-refractivity contribution in [3.8, 4) is 0 Å². The van der Waals surface area contributed by atoms with E-state index in [1.807, 2.05) is 0 Å². The minimum absolute atomic E-state index is 0.0299. The number of hydrogen-bond donors (Lipinski definition) is 0. The van der Waals surface area contributed by atoms with Crippen molar-refractivity contribution >= 4 is 11.8 Å². The standard InChI is InChI=1S/C8H12O3.C2H4/c1-11-8(10)6-2-4-7(9)5-3-6;1-2/h6H,2-5H2,1H3;1-2H2. The van der Waals surface area contributed by atoms with Gasteiger partial charge in [-0.25, -0.2) is 0 Å². The van der Waals surface area contributed by atoms with Crippen molar-refractivity contribution < 1.29 is 14.3 Å². The summed E-state index contributed by atoms with van der Waals surface area (Å²) in [4.78, 5) is 21.7. The number of carbonyl (C=O) groups is 2. The Bertz CT molecular complexity index is 177. The highest BCUT2D eigenvalue weighted by Gasteiger charge is 2.24. The second-order valence-corrected chi connectivity index (χ2v) is 2.84. The molecular weight excluding hydrogens is 168 g/mol. The van der Waals surface area contributed by atoms with Crippen molar-refractivity contribution in [1.29, 1.82) is 0 Å². The second kappa shape index (κ2) is 6.40. The molecule has 3 nitrogen and oxygen atoms in total. The zero-order chi connectivity index (χ0) is 10.3. The first-order valence-corrected chi connectivity index (χ1v) is 4.33. The van der Waals surface area contributed by atoms with Crippen molar-refractivity contribution in [1.82, 2.24) is 0 Å². The van der Waals surface area contributed by atoms with Gasteiger partial charge < -0.3 is 4.74 Å². The number of ketones is 1. The lowest BCUT2D eigenvalue weighted by atomic mass is 9.89. The Morgan fingerprint density at radius 1 is 1.38 bits per heavy atom. The summed E-state index contributed by atoms with van der Waals surface area (Å²) in [5.74, 6) is 0.0698. The molecule has 0 aromatic carbocycles. The van der Waals surface area contributed by atoms with Crippen molar-refractivity contribution in [2.75, 3.05) is 7.11 Å². The number of ether oxygens (including phenoxy) is 1. The van der Waals surface area contributed by atoms with Crippen LogP contribution in [0.15, 0.2) is 13.2 Å². The van der Waals surface area contributed by atoms with Gasteiger partial charge in [0, 0.05) is 12.8 Å². The summed E-state index contributed by atoms with van der Waals surface area (Å²) in [5.41, 5.74) is 0. The van der Waals surface area contributed by atoms with Crippen LogP contribution in [0.25, 0.3) is 0 Å². The van der Waals surface area contributed by atoms with Crippen molar-refractivity contribution in [3.05, 3.63) is 13.2 Å². The molecule has 1 aliphatic rings. The molecule has 0 spiro atoms. The van der Waals surface area contributed by atoms with Crippen LogP contribution in [0.2, 0.25) is 0 Å². The van der Waals surface area contributed by atoms with Gasteiger partial charge in [-0.15, -0.1) is 13.2 Å². The summed E-state index contributed by atoms with van der Waals surface area (Å²) in [7, 11) is 1.39. The number of esters is 1. The Morgan fingerprint density at radius 2 is 1.85 bits per heavy atom. The molecule has 0 radical (unpaired) electrons. The molecule has 1 saturated carbocycles. The van der Waals surface area contributed by atoms with Crippen LogP contribution in [-0.2, 0) is 14.3 Å². The number of methoxy groups -OCH3 is 1. The van der Waals surface area contributed by atoms with Crippen LogP contribution in [0.3, 0.4) is 0 Å². The molecule has 0 saturated heterocycles. The van der Waals surface area contributed by atoms with Gasteiger partial charge in [-0.1, -0.05) is 0 Å². The van der Waals surface area contributed by atoms with Crippen LogP contribution >= 0.6 is 0 Å². The summed E-state index contributed by atoms with van der Waals surface area (Å²) >= 11 is 0. The van der Waals surface area contributed by atoms with Gasteiger partial charge in [-0.2, -0.15) is 0 Å². The van der Waals surface area contributed by atoms with Gasteiger partial charge in [-0.05, 0) is 12.8 Å². The molecule has 13 heavy (non-hydrogen) atoms. The molecule has 3 heteroatoms. The molecule has 0 aromatic rings. The summed E-state index contributed by atoms with van der Waals surface area (Å²) in [5, 5.41) is 0. The number of carbonyl (C=O) groups excluding carboxylic acids is 2. The first-order valence-electron chi connectivity index (χ1n) is 4.33. The molecule has 1 aliphatic carbocycles. The fraction of sp³-hybridized carbons (Fsp3) is 0.600. The fourth-order valence-electron chi connectivity index (χ4n) is 1.34. The molecule has 0 unspecified atom stereocenters. The van der Waals surface area contributed by atoms with Crippen LogP contribution in [0.4, 0.5) is 0 Å². The average molecular weight is 184 g/mol. The van der Waals surface area contributed by atoms with E-state index in [1.165, 1.54) is 7.11 Å². The highest BCUT2D eigenvalue weighted by atomic mass is 16.5. The molecule has 0 heterocycles. The zero-order valence-corrected chi connectivity index (χ0v) is 8.04. The first kappa shape index (κ1) is 11.9. The van der Waals surface area contributed by atoms with Crippen LogP contribution in [0, 0.1) is 5.92 Å². The van der Waals surface area contributed by atoms with Crippen LogP contribution in [0.1, 0.15) is 25.7 Å².